The Bertz CT molecular complexity index is 345. The first-order chi connectivity index (χ1) is 6.07. The minimum atomic E-state index is -0.268. The third kappa shape index (κ3) is 2.02. The van der Waals surface area contributed by atoms with Crippen LogP contribution in [0, 0.1) is 17.4 Å². The Hall–Kier alpha value is -0.580. The van der Waals surface area contributed by atoms with Crippen LogP contribution in [0.4, 0.5) is 0 Å². The Balaban J connectivity index is 3.26. The summed E-state index contributed by atoms with van der Waals surface area (Å²) in [6, 6.07) is 3.74. The van der Waals surface area contributed by atoms with Gasteiger partial charge < -0.3 is 4.74 Å². The highest BCUT2D eigenvalue weighted by molar-refractivity contribution is 14.1. The number of methoxy groups -OCH3 is 1. The predicted molar refractivity (Wildman–Crippen MR) is 60.0 cm³/mol. The molecule has 0 saturated heterocycles. The van der Waals surface area contributed by atoms with Crippen molar-refractivity contribution >= 4 is 28.6 Å². The lowest BCUT2D eigenvalue weighted by Gasteiger charge is -2.07. The van der Waals surface area contributed by atoms with E-state index in [-0.39, 0.29) is 5.97 Å². The van der Waals surface area contributed by atoms with Gasteiger partial charge in [0.2, 0.25) is 0 Å². The van der Waals surface area contributed by atoms with Crippen LogP contribution in [0.2, 0.25) is 0 Å². The largest absolute Gasteiger partial charge is 0.465 e. The number of carbonyl (C=O) groups is 1. The van der Waals surface area contributed by atoms with E-state index in [2.05, 4.69) is 27.3 Å². The Labute approximate surface area is 91.4 Å². The van der Waals surface area contributed by atoms with E-state index >= 15 is 0 Å². The molecule has 0 aromatic heterocycles. The number of aryl methyl sites for hydroxylation is 1. The van der Waals surface area contributed by atoms with Crippen molar-refractivity contribution < 1.29 is 9.53 Å². The van der Waals surface area contributed by atoms with E-state index < -0.39 is 0 Å². The smallest absolute Gasteiger partial charge is 0.338 e. The molecule has 0 radical (unpaired) electrons. The highest BCUT2D eigenvalue weighted by Crippen LogP contribution is 2.20. The maximum Gasteiger partial charge on any atom is 0.338 e. The second-order valence-corrected chi connectivity index (χ2v) is 3.94. The third-order valence-electron chi connectivity index (χ3n) is 1.98. The minimum Gasteiger partial charge on any atom is -0.465 e. The van der Waals surface area contributed by atoms with Crippen molar-refractivity contribution in [2.24, 2.45) is 0 Å². The number of benzene rings is 1. The quantitative estimate of drug-likeness (QED) is 0.587. The van der Waals surface area contributed by atoms with Crippen molar-refractivity contribution in [1.29, 1.82) is 0 Å². The van der Waals surface area contributed by atoms with Crippen LogP contribution in [0.1, 0.15) is 21.5 Å². The summed E-state index contributed by atoms with van der Waals surface area (Å²) >= 11 is 2.24. The fourth-order valence-electron chi connectivity index (χ4n) is 1.15. The van der Waals surface area contributed by atoms with Crippen molar-refractivity contribution in [3.63, 3.8) is 0 Å². The zero-order valence-electron chi connectivity index (χ0n) is 7.85. The summed E-state index contributed by atoms with van der Waals surface area (Å²) in [5, 5.41) is 0. The molecule has 0 N–H and O–H groups in total. The van der Waals surface area contributed by atoms with Gasteiger partial charge in [-0.05, 0) is 53.6 Å². The molecule has 70 valence electrons. The van der Waals surface area contributed by atoms with Gasteiger partial charge in [-0.25, -0.2) is 4.79 Å². The molecular weight excluding hydrogens is 279 g/mol. The number of carbonyl (C=O) groups excluding carboxylic acids is 1. The highest BCUT2D eigenvalue weighted by atomic mass is 127. The van der Waals surface area contributed by atoms with E-state index in [9.17, 15) is 4.79 Å². The van der Waals surface area contributed by atoms with Crippen LogP contribution in [0.5, 0.6) is 0 Å². The Morgan fingerprint density at radius 3 is 2.54 bits per heavy atom. The standard InChI is InChI=1S/C10H11IO2/c1-6-4-5-8(10(12)13-3)7(2)9(6)11/h4-5H,1-3H3. The average Bonchev–Trinajstić information content (AvgIpc) is 2.13. The minimum absolute atomic E-state index is 0.268. The van der Waals surface area contributed by atoms with E-state index in [1.807, 2.05) is 19.9 Å². The van der Waals surface area contributed by atoms with Crippen molar-refractivity contribution in [2.45, 2.75) is 13.8 Å². The van der Waals surface area contributed by atoms with Gasteiger partial charge in [0.15, 0.2) is 0 Å². The second kappa shape index (κ2) is 4.09. The van der Waals surface area contributed by atoms with Gasteiger partial charge in [0.1, 0.15) is 0 Å². The topological polar surface area (TPSA) is 26.3 Å². The number of halogens is 1. The summed E-state index contributed by atoms with van der Waals surface area (Å²) in [6.07, 6.45) is 0. The number of hydrogen-bond acceptors (Lipinski definition) is 2. The molecule has 0 saturated carbocycles. The molecule has 0 amide bonds. The van der Waals surface area contributed by atoms with Crippen molar-refractivity contribution in [3.05, 3.63) is 32.4 Å². The van der Waals surface area contributed by atoms with Gasteiger partial charge in [-0.15, -0.1) is 0 Å². The monoisotopic (exact) mass is 290 g/mol. The zero-order valence-corrected chi connectivity index (χ0v) is 10.0. The molecule has 1 aromatic rings. The molecule has 1 rings (SSSR count). The first-order valence-corrected chi connectivity index (χ1v) is 4.99. The van der Waals surface area contributed by atoms with Gasteiger partial charge in [-0.1, -0.05) is 6.07 Å². The SMILES string of the molecule is COC(=O)c1ccc(C)c(I)c1C. The molecule has 0 spiro atoms. The van der Waals surface area contributed by atoms with Gasteiger partial charge in [0.25, 0.3) is 0 Å². The van der Waals surface area contributed by atoms with Crippen LogP contribution in [0.25, 0.3) is 0 Å². The zero-order chi connectivity index (χ0) is 10.0. The molecule has 0 heterocycles. The molecule has 2 nitrogen and oxygen atoms in total. The first kappa shape index (κ1) is 10.5. The summed E-state index contributed by atoms with van der Waals surface area (Å²) in [4.78, 5) is 11.3. The van der Waals surface area contributed by atoms with Crippen LogP contribution >= 0.6 is 22.6 Å². The fraction of sp³-hybridized carbons (Fsp3) is 0.300. The summed E-state index contributed by atoms with van der Waals surface area (Å²) in [6.45, 7) is 3.96. The molecule has 0 fully saturated rings. The number of esters is 1. The summed E-state index contributed by atoms with van der Waals surface area (Å²) in [5.74, 6) is -0.268. The first-order valence-electron chi connectivity index (χ1n) is 3.92. The lowest BCUT2D eigenvalue weighted by atomic mass is 10.1. The number of rotatable bonds is 1. The molecule has 0 aliphatic rings. The van der Waals surface area contributed by atoms with Crippen LogP contribution in [0.15, 0.2) is 12.1 Å². The number of ether oxygens (including phenoxy) is 1. The summed E-state index contributed by atoms with van der Waals surface area (Å²) in [5.41, 5.74) is 2.83. The Morgan fingerprint density at radius 1 is 1.38 bits per heavy atom. The van der Waals surface area contributed by atoms with Gasteiger partial charge in [0, 0.05) is 3.57 Å². The normalized spacial score (nSPS) is 9.85. The number of hydrogen-bond donors (Lipinski definition) is 0. The van der Waals surface area contributed by atoms with Crippen molar-refractivity contribution in [2.75, 3.05) is 7.11 Å². The van der Waals surface area contributed by atoms with E-state index in [4.69, 9.17) is 0 Å². The molecule has 0 bridgehead atoms. The van der Waals surface area contributed by atoms with Crippen LogP contribution in [0.3, 0.4) is 0 Å². The fourth-order valence-corrected chi connectivity index (χ4v) is 1.62. The Morgan fingerprint density at radius 2 is 2.00 bits per heavy atom. The molecular formula is C10H11IO2. The van der Waals surface area contributed by atoms with Crippen LogP contribution < -0.4 is 0 Å². The third-order valence-corrected chi connectivity index (χ3v) is 3.64. The molecule has 0 atom stereocenters. The van der Waals surface area contributed by atoms with Gasteiger partial charge >= 0.3 is 5.97 Å². The van der Waals surface area contributed by atoms with Crippen LogP contribution in [-0.4, -0.2) is 13.1 Å². The molecule has 0 aliphatic carbocycles. The molecule has 13 heavy (non-hydrogen) atoms. The van der Waals surface area contributed by atoms with Crippen LogP contribution in [-0.2, 0) is 4.74 Å². The molecule has 1 aromatic carbocycles. The molecule has 0 aliphatic heterocycles. The molecule has 3 heteroatoms. The van der Waals surface area contributed by atoms with E-state index in [1.165, 1.54) is 12.7 Å². The van der Waals surface area contributed by atoms with E-state index in [0.717, 1.165) is 9.13 Å². The summed E-state index contributed by atoms with van der Waals surface area (Å²) in [7, 11) is 1.40. The van der Waals surface area contributed by atoms with Crippen molar-refractivity contribution in [3.8, 4) is 0 Å². The summed E-state index contributed by atoms with van der Waals surface area (Å²) < 4.78 is 5.80. The van der Waals surface area contributed by atoms with E-state index in [0.29, 0.717) is 5.56 Å². The highest BCUT2D eigenvalue weighted by Gasteiger charge is 2.11. The predicted octanol–water partition coefficient (Wildman–Crippen LogP) is 2.69. The average molecular weight is 290 g/mol. The van der Waals surface area contributed by atoms with Gasteiger partial charge in [0.05, 0.1) is 12.7 Å². The van der Waals surface area contributed by atoms with E-state index in [1.54, 1.807) is 6.07 Å². The second-order valence-electron chi connectivity index (χ2n) is 2.86. The Kier molecular flexibility index (Phi) is 3.30. The maximum atomic E-state index is 11.3. The van der Waals surface area contributed by atoms with Crippen molar-refractivity contribution in [1.82, 2.24) is 0 Å². The molecule has 0 unspecified atom stereocenters. The maximum absolute atomic E-state index is 11.3. The lowest BCUT2D eigenvalue weighted by Crippen LogP contribution is -2.05. The van der Waals surface area contributed by atoms with Gasteiger partial charge in [-0.3, -0.25) is 0 Å². The van der Waals surface area contributed by atoms with Gasteiger partial charge in [-0.2, -0.15) is 0 Å². The lowest BCUT2D eigenvalue weighted by molar-refractivity contribution is 0.0600.